The average Bonchev–Trinajstić information content (AvgIpc) is 3.97. The summed E-state index contributed by atoms with van der Waals surface area (Å²) < 4.78 is 5.25. The molecule has 3 aliphatic rings. The molecule has 2 atom stereocenters. The van der Waals surface area contributed by atoms with Gasteiger partial charge in [-0.25, -0.2) is 15.0 Å². The van der Waals surface area contributed by atoms with E-state index in [0.717, 1.165) is 115 Å². The van der Waals surface area contributed by atoms with Crippen LogP contribution in [-0.4, -0.2) is 98.5 Å². The van der Waals surface area contributed by atoms with Gasteiger partial charge in [0.15, 0.2) is 5.82 Å². The summed E-state index contributed by atoms with van der Waals surface area (Å²) in [5, 5.41) is 10.4. The first-order chi connectivity index (χ1) is 30.4. The molecule has 63 heavy (non-hydrogen) atoms. The van der Waals surface area contributed by atoms with E-state index in [0.29, 0.717) is 24.6 Å². The SMILES string of the molecule is Cc1cc(-c2ncnc3[nH]c(-c4ccc(N5CCN(CC6CCN(c7ccc(C8CCC(=O)NC8=O)cc7)CC6)CC5)nc4)cc23)ccc1C(C)NC(=O)c1nc(C(C)(C)C)no1. The van der Waals surface area contributed by atoms with E-state index in [9.17, 15) is 14.4 Å². The van der Waals surface area contributed by atoms with Gasteiger partial charge in [-0.3, -0.25) is 24.6 Å². The second kappa shape index (κ2) is 17.4. The Morgan fingerprint density at radius 2 is 1.65 bits per heavy atom. The van der Waals surface area contributed by atoms with Crippen LogP contribution in [0.2, 0.25) is 0 Å². The van der Waals surface area contributed by atoms with Crippen molar-refractivity contribution in [1.29, 1.82) is 0 Å². The molecule has 9 rings (SSSR count). The number of hydrogen-bond donors (Lipinski definition) is 3. The maximum atomic E-state index is 12.9. The quantitative estimate of drug-likeness (QED) is 0.124. The Labute approximate surface area is 367 Å². The van der Waals surface area contributed by atoms with Crippen LogP contribution in [0.25, 0.3) is 33.5 Å². The zero-order chi connectivity index (χ0) is 43.8. The van der Waals surface area contributed by atoms with Gasteiger partial charge in [-0.15, -0.1) is 0 Å². The Kier molecular flexibility index (Phi) is 11.5. The second-order valence-corrected chi connectivity index (χ2v) is 18.3. The highest BCUT2D eigenvalue weighted by Crippen LogP contribution is 2.33. The molecule has 3 saturated heterocycles. The van der Waals surface area contributed by atoms with E-state index in [1.165, 1.54) is 5.69 Å². The van der Waals surface area contributed by atoms with Crippen molar-refractivity contribution in [3.63, 3.8) is 0 Å². The summed E-state index contributed by atoms with van der Waals surface area (Å²) in [7, 11) is 0. The average molecular weight is 850 g/mol. The number of carbonyl (C=O) groups excluding carboxylic acids is 3. The molecule has 3 aliphatic heterocycles. The molecule has 15 heteroatoms. The van der Waals surface area contributed by atoms with E-state index in [2.05, 4.69) is 99.0 Å². The van der Waals surface area contributed by atoms with E-state index in [1.54, 1.807) is 6.33 Å². The fourth-order valence-corrected chi connectivity index (χ4v) is 9.15. The predicted molar refractivity (Wildman–Crippen MR) is 241 cm³/mol. The third-order valence-electron chi connectivity index (χ3n) is 12.9. The molecule has 15 nitrogen and oxygen atoms in total. The minimum absolute atomic E-state index is 0.0491. The van der Waals surface area contributed by atoms with Crippen LogP contribution in [0.1, 0.15) is 98.5 Å². The van der Waals surface area contributed by atoms with Crippen LogP contribution in [0.15, 0.2) is 77.7 Å². The minimum Gasteiger partial charge on any atom is -0.372 e. The van der Waals surface area contributed by atoms with E-state index >= 15 is 0 Å². The molecular formula is C48H55N11O4. The van der Waals surface area contributed by atoms with Crippen molar-refractivity contribution in [2.45, 2.75) is 77.7 Å². The molecule has 3 fully saturated rings. The Morgan fingerprint density at radius 3 is 2.33 bits per heavy atom. The lowest BCUT2D eigenvalue weighted by Gasteiger charge is -2.39. The largest absolute Gasteiger partial charge is 0.372 e. The van der Waals surface area contributed by atoms with Crippen LogP contribution in [0.3, 0.4) is 0 Å². The lowest BCUT2D eigenvalue weighted by molar-refractivity contribution is -0.134. The number of fused-ring (bicyclic) bond motifs is 1. The van der Waals surface area contributed by atoms with E-state index in [4.69, 9.17) is 9.51 Å². The van der Waals surface area contributed by atoms with Gasteiger partial charge >= 0.3 is 11.8 Å². The number of aromatic amines is 1. The number of benzene rings is 2. The number of aryl methyl sites for hydroxylation is 1. The maximum absolute atomic E-state index is 12.9. The predicted octanol–water partition coefficient (Wildman–Crippen LogP) is 6.73. The first-order valence-electron chi connectivity index (χ1n) is 22.1. The van der Waals surface area contributed by atoms with Gasteiger partial charge in [-0.2, -0.15) is 4.98 Å². The van der Waals surface area contributed by atoms with E-state index < -0.39 is 5.91 Å². The van der Waals surface area contributed by atoms with Crippen molar-refractivity contribution >= 4 is 40.3 Å². The summed E-state index contributed by atoms with van der Waals surface area (Å²) in [6.45, 7) is 17.0. The zero-order valence-electron chi connectivity index (χ0n) is 36.6. The smallest absolute Gasteiger partial charge is 0.315 e. The van der Waals surface area contributed by atoms with Crippen LogP contribution in [-0.2, 0) is 15.0 Å². The van der Waals surface area contributed by atoms with Gasteiger partial charge in [0.2, 0.25) is 11.8 Å². The van der Waals surface area contributed by atoms with Crippen LogP contribution < -0.4 is 20.4 Å². The molecule has 326 valence electrons. The number of nitrogens with one attached hydrogen (secondary N) is 3. The standard InChI is InChI=1S/C48H55N11O4/c1-29-24-33(8-12-36(29)30(2)52-45(62)46-55-47(56-63-46)48(3,4)5)42-38-25-39(53-43(38)51-28-50-42)34-9-14-40(49-26-34)59-22-20-57(21-23-59)27-31-16-18-58(19-17-31)35-10-6-32(7-11-35)37-13-15-41(60)54-44(37)61/h6-12,14,24-26,28,30-31,37H,13,15-23,27H2,1-5H3,(H,52,62)(H,50,51,53)(H,54,60,61). The number of aromatic nitrogens is 6. The van der Waals surface area contributed by atoms with Crippen molar-refractivity contribution in [2.24, 2.45) is 5.92 Å². The van der Waals surface area contributed by atoms with Gasteiger partial charge in [-0.05, 0) is 92.1 Å². The van der Waals surface area contributed by atoms with Crippen molar-refractivity contribution in [3.05, 3.63) is 102 Å². The number of pyridine rings is 1. The second-order valence-electron chi connectivity index (χ2n) is 18.3. The molecule has 2 aromatic carbocycles. The Bertz CT molecular complexity index is 2620. The summed E-state index contributed by atoms with van der Waals surface area (Å²) in [5.74, 6) is 1.08. The molecule has 0 aliphatic carbocycles. The fraction of sp³-hybridized carbons (Fsp3) is 0.417. The highest BCUT2D eigenvalue weighted by Gasteiger charge is 2.29. The summed E-state index contributed by atoms with van der Waals surface area (Å²) in [5.41, 5.74) is 8.26. The van der Waals surface area contributed by atoms with Crippen molar-refractivity contribution in [2.75, 3.05) is 55.6 Å². The Hall–Kier alpha value is -6.48. The van der Waals surface area contributed by atoms with Gasteiger partial charge in [0.1, 0.15) is 17.8 Å². The minimum atomic E-state index is -0.410. The normalized spacial score (nSPS) is 18.5. The molecule has 0 saturated carbocycles. The Balaban J connectivity index is 0.768. The summed E-state index contributed by atoms with van der Waals surface area (Å²) in [6, 6.07) is 20.5. The number of amides is 3. The number of nitrogens with zero attached hydrogens (tertiary/aromatic N) is 8. The van der Waals surface area contributed by atoms with Crippen LogP contribution in [0, 0.1) is 12.8 Å². The Morgan fingerprint density at radius 1 is 0.889 bits per heavy atom. The van der Waals surface area contributed by atoms with Gasteiger partial charge in [-0.1, -0.05) is 50.2 Å². The fourth-order valence-electron chi connectivity index (χ4n) is 9.15. The molecule has 7 heterocycles. The first kappa shape index (κ1) is 41.9. The van der Waals surface area contributed by atoms with E-state index in [-0.39, 0.29) is 35.1 Å². The molecule has 0 radical (unpaired) electrons. The topological polar surface area (TPSA) is 178 Å². The number of carbonyl (C=O) groups is 3. The lowest BCUT2D eigenvalue weighted by atomic mass is 9.90. The molecule has 2 unspecified atom stereocenters. The summed E-state index contributed by atoms with van der Waals surface area (Å²) in [6.07, 6.45) is 6.81. The number of anilines is 2. The molecule has 4 aromatic heterocycles. The van der Waals surface area contributed by atoms with Crippen molar-refractivity contribution in [1.82, 2.24) is 45.6 Å². The molecule has 3 amide bonds. The van der Waals surface area contributed by atoms with Gasteiger partial charge in [0, 0.05) is 91.7 Å². The zero-order valence-corrected chi connectivity index (χ0v) is 36.6. The molecule has 3 N–H and O–H groups in total. The number of piperazine rings is 1. The number of rotatable bonds is 10. The van der Waals surface area contributed by atoms with Crippen LogP contribution in [0.4, 0.5) is 11.5 Å². The summed E-state index contributed by atoms with van der Waals surface area (Å²) in [4.78, 5) is 66.2. The molecule has 0 bridgehead atoms. The number of H-pyrrole nitrogens is 1. The highest BCUT2D eigenvalue weighted by molar-refractivity contribution is 6.01. The van der Waals surface area contributed by atoms with Crippen molar-refractivity contribution < 1.29 is 18.9 Å². The highest BCUT2D eigenvalue weighted by atomic mass is 16.5. The van der Waals surface area contributed by atoms with Gasteiger partial charge in [0.05, 0.1) is 17.7 Å². The monoisotopic (exact) mass is 849 g/mol. The first-order valence-corrected chi connectivity index (χ1v) is 22.1. The third-order valence-corrected chi connectivity index (χ3v) is 12.9. The van der Waals surface area contributed by atoms with Crippen molar-refractivity contribution in [3.8, 4) is 22.5 Å². The van der Waals surface area contributed by atoms with Crippen LogP contribution >= 0.6 is 0 Å². The van der Waals surface area contributed by atoms with Crippen LogP contribution in [0.5, 0.6) is 0 Å². The van der Waals surface area contributed by atoms with E-state index in [1.807, 2.05) is 52.9 Å². The molecule has 0 spiro atoms. The maximum Gasteiger partial charge on any atom is 0.315 e. The third kappa shape index (κ3) is 9.06. The van der Waals surface area contributed by atoms with Gasteiger partial charge in [0.25, 0.3) is 0 Å². The van der Waals surface area contributed by atoms with Gasteiger partial charge < -0.3 is 24.6 Å². The molecular weight excluding hydrogens is 795 g/mol. The number of piperidine rings is 2. The molecule has 6 aromatic rings. The lowest BCUT2D eigenvalue weighted by Crippen LogP contribution is -2.49. The number of hydrogen-bond acceptors (Lipinski definition) is 12. The summed E-state index contributed by atoms with van der Waals surface area (Å²) >= 11 is 0. The number of imide groups is 1.